The molecule has 98 valence electrons. The van der Waals surface area contributed by atoms with E-state index in [9.17, 15) is 5.11 Å². The van der Waals surface area contributed by atoms with Crippen molar-refractivity contribution >= 4 is 0 Å². The molecular weight excluding hydrogens is 222 g/mol. The highest BCUT2D eigenvalue weighted by molar-refractivity contribution is 5.35. The standard InChI is InChI=1S/C16H23NO/c1-12-5-6-15(13(2)10-12)16(18)7-9-17-8-3-4-14(17)11-16/h5-6,10,14,18H,3-4,7-9,11H2,1-2H3. The van der Waals surface area contributed by atoms with Crippen molar-refractivity contribution in [2.24, 2.45) is 0 Å². The van der Waals surface area contributed by atoms with Crippen molar-refractivity contribution in [3.05, 3.63) is 34.9 Å². The van der Waals surface area contributed by atoms with E-state index in [4.69, 9.17) is 0 Å². The summed E-state index contributed by atoms with van der Waals surface area (Å²) < 4.78 is 0. The predicted molar refractivity (Wildman–Crippen MR) is 73.6 cm³/mol. The van der Waals surface area contributed by atoms with Crippen LogP contribution in [0.2, 0.25) is 0 Å². The fourth-order valence-electron chi connectivity index (χ4n) is 3.82. The number of aliphatic hydroxyl groups is 1. The van der Waals surface area contributed by atoms with Crippen LogP contribution in [-0.4, -0.2) is 29.1 Å². The Labute approximate surface area is 110 Å². The Morgan fingerprint density at radius 3 is 2.89 bits per heavy atom. The Balaban J connectivity index is 1.90. The molecule has 0 radical (unpaired) electrons. The number of hydrogen-bond acceptors (Lipinski definition) is 2. The van der Waals surface area contributed by atoms with Crippen molar-refractivity contribution in [1.29, 1.82) is 0 Å². The van der Waals surface area contributed by atoms with Crippen LogP contribution in [0.4, 0.5) is 0 Å². The molecule has 1 N–H and O–H groups in total. The minimum atomic E-state index is -0.594. The first-order valence-corrected chi connectivity index (χ1v) is 7.13. The summed E-state index contributed by atoms with van der Waals surface area (Å²) in [6, 6.07) is 7.05. The Hall–Kier alpha value is -0.860. The quantitative estimate of drug-likeness (QED) is 0.822. The summed E-state index contributed by atoms with van der Waals surface area (Å²) in [6.45, 7) is 6.52. The maximum Gasteiger partial charge on any atom is 0.0926 e. The van der Waals surface area contributed by atoms with E-state index in [0.717, 1.165) is 24.9 Å². The number of aryl methyl sites for hydroxylation is 2. The second-order valence-corrected chi connectivity index (χ2v) is 6.14. The van der Waals surface area contributed by atoms with Crippen LogP contribution in [-0.2, 0) is 5.60 Å². The van der Waals surface area contributed by atoms with Crippen molar-refractivity contribution in [1.82, 2.24) is 4.90 Å². The largest absolute Gasteiger partial charge is 0.385 e. The van der Waals surface area contributed by atoms with Gasteiger partial charge in [-0.25, -0.2) is 0 Å². The van der Waals surface area contributed by atoms with Gasteiger partial charge in [-0.3, -0.25) is 0 Å². The second kappa shape index (κ2) is 4.36. The summed E-state index contributed by atoms with van der Waals surface area (Å²) in [5.41, 5.74) is 3.07. The topological polar surface area (TPSA) is 23.5 Å². The summed E-state index contributed by atoms with van der Waals surface area (Å²) >= 11 is 0. The normalized spacial score (nSPS) is 32.5. The molecule has 2 fully saturated rings. The maximum absolute atomic E-state index is 11.0. The van der Waals surface area contributed by atoms with Gasteiger partial charge < -0.3 is 10.0 Å². The molecule has 0 aromatic heterocycles. The summed E-state index contributed by atoms with van der Waals surface area (Å²) in [5.74, 6) is 0. The van der Waals surface area contributed by atoms with Crippen molar-refractivity contribution in [2.75, 3.05) is 13.1 Å². The lowest BCUT2D eigenvalue weighted by Crippen LogP contribution is -2.46. The van der Waals surface area contributed by atoms with Gasteiger partial charge in [0.2, 0.25) is 0 Å². The summed E-state index contributed by atoms with van der Waals surface area (Å²) in [4.78, 5) is 2.55. The smallest absolute Gasteiger partial charge is 0.0926 e. The molecule has 3 rings (SSSR count). The molecule has 0 aliphatic carbocycles. The minimum absolute atomic E-state index is 0.594. The highest BCUT2D eigenvalue weighted by Gasteiger charge is 2.41. The summed E-state index contributed by atoms with van der Waals surface area (Å²) in [7, 11) is 0. The fourth-order valence-corrected chi connectivity index (χ4v) is 3.82. The number of piperidine rings is 1. The molecule has 0 amide bonds. The van der Waals surface area contributed by atoms with E-state index in [1.165, 1.54) is 30.5 Å². The Kier molecular flexibility index (Phi) is 2.95. The first-order chi connectivity index (χ1) is 8.58. The van der Waals surface area contributed by atoms with Gasteiger partial charge in [-0.15, -0.1) is 0 Å². The van der Waals surface area contributed by atoms with E-state index in [1.807, 2.05) is 0 Å². The number of benzene rings is 1. The Morgan fingerprint density at radius 2 is 2.11 bits per heavy atom. The molecule has 18 heavy (non-hydrogen) atoms. The van der Waals surface area contributed by atoms with Crippen molar-refractivity contribution in [3.8, 4) is 0 Å². The van der Waals surface area contributed by atoms with Crippen molar-refractivity contribution in [3.63, 3.8) is 0 Å². The first-order valence-electron chi connectivity index (χ1n) is 7.13. The summed E-state index contributed by atoms with van der Waals surface area (Å²) in [5, 5.41) is 11.0. The number of rotatable bonds is 1. The molecule has 2 unspecified atom stereocenters. The lowest BCUT2D eigenvalue weighted by Gasteiger charge is -2.41. The molecule has 2 nitrogen and oxygen atoms in total. The number of fused-ring (bicyclic) bond motifs is 1. The van der Waals surface area contributed by atoms with E-state index >= 15 is 0 Å². The molecule has 0 bridgehead atoms. The lowest BCUT2D eigenvalue weighted by atomic mass is 9.79. The number of nitrogens with zero attached hydrogens (tertiary/aromatic N) is 1. The molecule has 2 aliphatic heterocycles. The molecule has 2 saturated heterocycles. The van der Waals surface area contributed by atoms with Crippen LogP contribution >= 0.6 is 0 Å². The predicted octanol–water partition coefficient (Wildman–Crippen LogP) is 2.75. The van der Waals surface area contributed by atoms with Gasteiger partial charge in [0.05, 0.1) is 5.60 Å². The maximum atomic E-state index is 11.0. The molecule has 1 aromatic carbocycles. The molecule has 0 spiro atoms. The zero-order valence-corrected chi connectivity index (χ0v) is 11.4. The summed E-state index contributed by atoms with van der Waals surface area (Å²) in [6.07, 6.45) is 4.35. The molecule has 2 aliphatic rings. The van der Waals surface area contributed by atoms with Gasteiger partial charge in [0.1, 0.15) is 0 Å². The molecule has 0 saturated carbocycles. The Morgan fingerprint density at radius 1 is 1.28 bits per heavy atom. The molecule has 2 atom stereocenters. The van der Waals surface area contributed by atoms with Crippen LogP contribution in [0.3, 0.4) is 0 Å². The Bertz CT molecular complexity index is 456. The average Bonchev–Trinajstić information content (AvgIpc) is 2.75. The van der Waals surface area contributed by atoms with Crippen molar-refractivity contribution in [2.45, 2.75) is 51.2 Å². The number of hydrogen-bond donors (Lipinski definition) is 1. The zero-order chi connectivity index (χ0) is 12.8. The van der Waals surface area contributed by atoms with E-state index in [2.05, 4.69) is 36.9 Å². The SMILES string of the molecule is Cc1ccc(C2(O)CCN3CCCC3C2)c(C)c1. The minimum Gasteiger partial charge on any atom is -0.385 e. The van der Waals surface area contributed by atoms with E-state index in [1.54, 1.807) is 0 Å². The third kappa shape index (κ3) is 1.98. The van der Waals surface area contributed by atoms with Gasteiger partial charge in [0, 0.05) is 12.6 Å². The van der Waals surface area contributed by atoms with Crippen LogP contribution < -0.4 is 0 Å². The molecule has 1 aromatic rings. The van der Waals surface area contributed by atoms with Gasteiger partial charge >= 0.3 is 0 Å². The van der Waals surface area contributed by atoms with Crippen LogP contribution in [0.25, 0.3) is 0 Å². The highest BCUT2D eigenvalue weighted by atomic mass is 16.3. The molecule has 2 heterocycles. The lowest BCUT2D eigenvalue weighted by molar-refractivity contribution is -0.0413. The molecular formula is C16H23NO. The van der Waals surface area contributed by atoms with Gasteiger partial charge in [-0.1, -0.05) is 23.8 Å². The first kappa shape index (κ1) is 12.2. The van der Waals surface area contributed by atoms with Gasteiger partial charge in [0.25, 0.3) is 0 Å². The monoisotopic (exact) mass is 245 g/mol. The van der Waals surface area contributed by atoms with E-state index in [0.29, 0.717) is 6.04 Å². The highest BCUT2D eigenvalue weighted by Crippen LogP contribution is 2.40. The third-order valence-corrected chi connectivity index (χ3v) is 4.77. The average molecular weight is 245 g/mol. The van der Waals surface area contributed by atoms with Crippen LogP contribution in [0.5, 0.6) is 0 Å². The fraction of sp³-hybridized carbons (Fsp3) is 0.625. The van der Waals surface area contributed by atoms with E-state index < -0.39 is 5.60 Å². The van der Waals surface area contributed by atoms with Crippen LogP contribution in [0.15, 0.2) is 18.2 Å². The van der Waals surface area contributed by atoms with Crippen molar-refractivity contribution < 1.29 is 5.11 Å². The van der Waals surface area contributed by atoms with Crippen LogP contribution in [0.1, 0.15) is 42.4 Å². The second-order valence-electron chi connectivity index (χ2n) is 6.14. The zero-order valence-electron chi connectivity index (χ0n) is 11.4. The van der Waals surface area contributed by atoms with Crippen LogP contribution in [0, 0.1) is 13.8 Å². The van der Waals surface area contributed by atoms with Gasteiger partial charge in [0.15, 0.2) is 0 Å². The van der Waals surface area contributed by atoms with Gasteiger partial charge in [-0.2, -0.15) is 0 Å². The third-order valence-electron chi connectivity index (χ3n) is 4.77. The molecule has 2 heteroatoms. The van der Waals surface area contributed by atoms with E-state index in [-0.39, 0.29) is 0 Å². The van der Waals surface area contributed by atoms with Gasteiger partial charge in [-0.05, 0) is 57.2 Å².